The lowest BCUT2D eigenvalue weighted by atomic mass is 9.71. The number of carbonyl (C=O) groups excluding carboxylic acids is 2. The van der Waals surface area contributed by atoms with Crippen molar-refractivity contribution in [2.75, 3.05) is 18.1 Å². The molecular weight excluding hydrogens is 975 g/mol. The minimum atomic E-state index is -0.146. The maximum Gasteiger partial charge on any atom is 0.150 e. The Hall–Kier alpha value is -2.72. The third-order valence-electron chi connectivity index (χ3n) is 18.0. The standard InChI is InChI=1S/C68H107NO2S2.2C2H6/c1-14-37-72-73-38-23-25-49(4)30-31-51(6)41-59-32-34-60(35-33-59)43-55(10)65-44-56(11)66-29-20-21-36-69(66)67(48-70)58(13)64-28-22-27-61(46-64)45-63(16-3)53(8)26-19-17-18-24-50(5)39-54(9)62(15-2)42-52(7)40-57(12)68(71)47-65;2*1-2/h17-19,24,26,40,50,55,57,59-66H,4,6,9,11,13-16,20-23,25,27-39,41-47H2,1-3,5,7-8,10,12H3;2*1-2H3/b19-17+,24-18+,52-40+,53-26+;;/t50?,55?,57?,59?,60?,61?,62?,63?,64?,65?,66-;;/m0../s1. The van der Waals surface area contributed by atoms with Crippen LogP contribution < -0.4 is 0 Å². The molecule has 2 bridgehead atoms. The van der Waals surface area contributed by atoms with Crippen LogP contribution in [0, 0.1) is 59.2 Å². The Morgan fingerprint density at radius 3 is 2.09 bits per heavy atom. The summed E-state index contributed by atoms with van der Waals surface area (Å²) in [5.41, 5.74) is 9.73. The van der Waals surface area contributed by atoms with Crippen molar-refractivity contribution in [2.45, 2.75) is 250 Å². The average molecular weight is 1090 g/mol. The first-order chi connectivity index (χ1) is 37.1. The second-order valence-electron chi connectivity index (χ2n) is 24.2. The van der Waals surface area contributed by atoms with Crippen molar-refractivity contribution in [3.05, 3.63) is 114 Å². The number of carbonyl (C=O) groups is 1. The van der Waals surface area contributed by atoms with Gasteiger partial charge in [0.05, 0.1) is 6.04 Å². The van der Waals surface area contributed by atoms with Gasteiger partial charge >= 0.3 is 0 Å². The first-order valence-electron chi connectivity index (χ1n) is 31.9. The fourth-order valence-corrected chi connectivity index (χ4v) is 15.5. The van der Waals surface area contributed by atoms with E-state index in [0.717, 1.165) is 114 Å². The number of hydrogen-bond donors (Lipinski definition) is 0. The Bertz CT molecular complexity index is 1950. The molecule has 2 heterocycles. The first kappa shape index (κ1) is 70.4. The maximum absolute atomic E-state index is 14.6. The molecule has 0 aromatic rings. The van der Waals surface area contributed by atoms with Gasteiger partial charge in [0.25, 0.3) is 0 Å². The van der Waals surface area contributed by atoms with E-state index in [-0.39, 0.29) is 17.9 Å². The number of fused-ring (bicyclic) bond motifs is 3. The highest BCUT2D eigenvalue weighted by molar-refractivity contribution is 8.76. The third kappa shape index (κ3) is 26.2. The minimum Gasteiger partial charge on any atom is -0.356 e. The van der Waals surface area contributed by atoms with Crippen molar-refractivity contribution in [1.29, 1.82) is 0 Å². The van der Waals surface area contributed by atoms with Gasteiger partial charge in [0, 0.05) is 30.4 Å². The van der Waals surface area contributed by atoms with E-state index in [1.807, 2.05) is 49.3 Å². The highest BCUT2D eigenvalue weighted by Gasteiger charge is 2.36. The molecule has 9 atom stereocenters. The molecule has 2 aliphatic carbocycles. The van der Waals surface area contributed by atoms with Gasteiger partial charge in [0.1, 0.15) is 11.5 Å². The molecule has 1 saturated heterocycles. The summed E-state index contributed by atoms with van der Waals surface area (Å²) in [6.07, 6.45) is 41.1. The number of nitrogens with zero attached hydrogens (tertiary/aromatic N) is 1. The summed E-state index contributed by atoms with van der Waals surface area (Å²) in [6, 6.07) is 0.0638. The molecule has 4 rings (SSSR count). The van der Waals surface area contributed by atoms with Gasteiger partial charge in [-0.1, -0.05) is 219 Å². The molecule has 2 saturated carbocycles. The SMILES string of the molecule is C=C(CCCSSCCC)CCC(=C)CC1CCC(CC(C)C2CC(=C)[C@@H]3CCCCN3C(=C=O)C(=C)C3CCCC(C3)CC(CC)/C(C)=C/C=C/C=C/C(C)CC(=C)C(CC)C/C(C)=C/C(C)C(=O)C2)CC1.CC.CC. The first-order valence-corrected chi connectivity index (χ1v) is 34.4. The van der Waals surface area contributed by atoms with Gasteiger partial charge in [-0.25, -0.2) is 4.79 Å². The van der Waals surface area contributed by atoms with Crippen LogP contribution in [-0.4, -0.2) is 40.7 Å². The van der Waals surface area contributed by atoms with E-state index in [2.05, 4.69) is 122 Å². The number of ketones is 1. The molecule has 3 fully saturated rings. The molecular formula is C72H119NO2S2. The summed E-state index contributed by atoms with van der Waals surface area (Å²) in [5.74, 6) is 9.42. The van der Waals surface area contributed by atoms with Crippen LogP contribution in [0.3, 0.4) is 0 Å². The Kier molecular flexibility index (Phi) is 37.0. The molecule has 0 amide bonds. The quantitative estimate of drug-likeness (QED) is 0.0628. The second kappa shape index (κ2) is 40.5. The summed E-state index contributed by atoms with van der Waals surface area (Å²) in [5, 5.41) is 0. The lowest BCUT2D eigenvalue weighted by Crippen LogP contribution is -2.42. The molecule has 8 unspecified atom stereocenters. The Morgan fingerprint density at radius 1 is 0.740 bits per heavy atom. The van der Waals surface area contributed by atoms with Crippen LogP contribution in [0.4, 0.5) is 0 Å². The monoisotopic (exact) mass is 1090 g/mol. The van der Waals surface area contributed by atoms with Crippen molar-refractivity contribution in [1.82, 2.24) is 4.90 Å². The van der Waals surface area contributed by atoms with Gasteiger partial charge in [-0.15, -0.1) is 0 Å². The lowest BCUT2D eigenvalue weighted by molar-refractivity contribution is -0.122. The zero-order valence-electron chi connectivity index (χ0n) is 52.2. The number of rotatable bonds is 17. The van der Waals surface area contributed by atoms with Crippen LogP contribution in [0.15, 0.2) is 114 Å². The molecule has 77 heavy (non-hydrogen) atoms. The van der Waals surface area contributed by atoms with Gasteiger partial charge in [-0.05, 0) is 201 Å². The molecule has 0 aromatic heterocycles. The number of piperidine rings is 1. The molecule has 0 N–H and O–H groups in total. The Labute approximate surface area is 485 Å². The van der Waals surface area contributed by atoms with Crippen molar-refractivity contribution >= 4 is 33.3 Å². The fourth-order valence-electron chi connectivity index (χ4n) is 13.2. The Balaban J connectivity index is 0.00000495. The maximum atomic E-state index is 14.6. The van der Waals surface area contributed by atoms with Crippen molar-refractivity contribution in [3.8, 4) is 0 Å². The lowest BCUT2D eigenvalue weighted by Gasteiger charge is -2.42. The average Bonchev–Trinajstić information content (AvgIpc) is 3.43. The number of allylic oxidation sites excluding steroid dienone is 12. The van der Waals surface area contributed by atoms with E-state index >= 15 is 0 Å². The van der Waals surface area contributed by atoms with Crippen LogP contribution >= 0.6 is 21.6 Å². The molecule has 5 heteroatoms. The van der Waals surface area contributed by atoms with E-state index in [1.165, 1.54) is 103 Å². The van der Waals surface area contributed by atoms with Gasteiger partial charge in [-0.2, -0.15) is 0 Å². The summed E-state index contributed by atoms with van der Waals surface area (Å²) in [4.78, 5) is 30.2. The zero-order valence-corrected chi connectivity index (χ0v) is 53.9. The van der Waals surface area contributed by atoms with E-state index in [4.69, 9.17) is 13.2 Å². The molecule has 0 radical (unpaired) electrons. The summed E-state index contributed by atoms with van der Waals surface area (Å²) in [7, 11) is 4.02. The predicted octanol–water partition coefficient (Wildman–Crippen LogP) is 22.2. The Morgan fingerprint density at radius 2 is 1.42 bits per heavy atom. The van der Waals surface area contributed by atoms with E-state index < -0.39 is 0 Å². The van der Waals surface area contributed by atoms with Crippen molar-refractivity contribution < 1.29 is 9.59 Å². The highest BCUT2D eigenvalue weighted by atomic mass is 33.1. The molecule has 2 aliphatic heterocycles. The minimum absolute atomic E-state index is 0.0638. The van der Waals surface area contributed by atoms with Crippen molar-refractivity contribution in [2.24, 2.45) is 59.2 Å². The van der Waals surface area contributed by atoms with E-state index in [1.54, 1.807) is 0 Å². The molecule has 4 aliphatic rings. The molecule has 436 valence electrons. The smallest absolute Gasteiger partial charge is 0.150 e. The summed E-state index contributed by atoms with van der Waals surface area (Å²) in [6.45, 7) is 50.3. The van der Waals surface area contributed by atoms with Crippen LogP contribution in [0.5, 0.6) is 0 Å². The van der Waals surface area contributed by atoms with Crippen LogP contribution in [-0.2, 0) is 9.59 Å². The van der Waals surface area contributed by atoms with E-state index in [9.17, 15) is 9.59 Å². The molecule has 0 spiro atoms. The highest BCUT2D eigenvalue weighted by Crippen LogP contribution is 2.44. The summed E-state index contributed by atoms with van der Waals surface area (Å²) >= 11 is 0. The number of Topliss-reactive ketones (excluding diaryl/α,β-unsaturated/α-hetero) is 1. The normalized spacial score (nSPS) is 30.4. The third-order valence-corrected chi connectivity index (χ3v) is 20.7. The van der Waals surface area contributed by atoms with Gasteiger partial charge in [-0.3, -0.25) is 4.79 Å². The molecule has 3 nitrogen and oxygen atoms in total. The van der Waals surface area contributed by atoms with Crippen molar-refractivity contribution in [3.63, 3.8) is 0 Å². The van der Waals surface area contributed by atoms with Crippen LogP contribution in [0.1, 0.15) is 244 Å². The fraction of sp³-hybridized carbons (Fsp3) is 0.708. The van der Waals surface area contributed by atoms with Crippen LogP contribution in [0.25, 0.3) is 0 Å². The van der Waals surface area contributed by atoms with E-state index in [0.29, 0.717) is 59.3 Å². The van der Waals surface area contributed by atoms with Crippen LogP contribution in [0.2, 0.25) is 0 Å². The molecule has 0 aromatic carbocycles. The van der Waals surface area contributed by atoms with Gasteiger partial charge in [0.15, 0.2) is 5.94 Å². The van der Waals surface area contributed by atoms with Gasteiger partial charge < -0.3 is 4.90 Å². The topological polar surface area (TPSA) is 37.4 Å². The summed E-state index contributed by atoms with van der Waals surface area (Å²) < 4.78 is 0. The second-order valence-corrected chi connectivity index (χ2v) is 26.9. The van der Waals surface area contributed by atoms with Gasteiger partial charge in [0.2, 0.25) is 0 Å². The zero-order chi connectivity index (χ0) is 57.3. The predicted molar refractivity (Wildman–Crippen MR) is 348 cm³/mol. The largest absolute Gasteiger partial charge is 0.356 e. The number of hydrogen-bond acceptors (Lipinski definition) is 5.